The van der Waals surface area contributed by atoms with Crippen molar-refractivity contribution in [2.45, 2.75) is 25.9 Å². The average Bonchev–Trinajstić information content (AvgIpc) is 2.18. The van der Waals surface area contributed by atoms with Crippen LogP contribution in [0.1, 0.15) is 25.5 Å². The first-order valence-electron chi connectivity index (χ1n) is 4.62. The second kappa shape index (κ2) is 5.29. The fourth-order valence-electron chi connectivity index (χ4n) is 1.22. The van der Waals surface area contributed by atoms with Crippen molar-refractivity contribution in [2.75, 3.05) is 6.61 Å². The first-order valence-corrected chi connectivity index (χ1v) is 4.99. The SMILES string of the molecule is CC(CO)NC(C)c1ccc(Cl)nc1. The van der Waals surface area contributed by atoms with Gasteiger partial charge in [0.25, 0.3) is 0 Å². The number of aliphatic hydroxyl groups is 1. The van der Waals surface area contributed by atoms with Gasteiger partial charge < -0.3 is 10.4 Å². The molecule has 0 amide bonds. The lowest BCUT2D eigenvalue weighted by molar-refractivity contribution is 0.243. The molecule has 1 aromatic rings. The van der Waals surface area contributed by atoms with Gasteiger partial charge in [-0.1, -0.05) is 17.7 Å². The van der Waals surface area contributed by atoms with Crippen LogP contribution in [0.25, 0.3) is 0 Å². The summed E-state index contributed by atoms with van der Waals surface area (Å²) in [5.74, 6) is 0. The number of hydrogen-bond donors (Lipinski definition) is 2. The molecule has 0 aliphatic carbocycles. The normalized spacial score (nSPS) is 15.1. The molecule has 4 heteroatoms. The molecule has 0 fully saturated rings. The smallest absolute Gasteiger partial charge is 0.129 e. The van der Waals surface area contributed by atoms with Crippen molar-refractivity contribution in [2.24, 2.45) is 0 Å². The number of aromatic nitrogens is 1. The Bertz CT molecular complexity index is 276. The minimum Gasteiger partial charge on any atom is -0.395 e. The molecule has 14 heavy (non-hydrogen) atoms. The summed E-state index contributed by atoms with van der Waals surface area (Å²) in [6.45, 7) is 4.09. The fraction of sp³-hybridized carbons (Fsp3) is 0.500. The van der Waals surface area contributed by atoms with Gasteiger partial charge in [-0.05, 0) is 25.5 Å². The standard InChI is InChI=1S/C10H15ClN2O/c1-7(6-14)13-8(2)9-3-4-10(11)12-5-9/h3-5,7-8,13-14H,6H2,1-2H3. The summed E-state index contributed by atoms with van der Waals surface area (Å²) in [6, 6.07) is 3.94. The van der Waals surface area contributed by atoms with E-state index in [2.05, 4.69) is 10.3 Å². The molecule has 1 rings (SSSR count). The van der Waals surface area contributed by atoms with E-state index in [0.717, 1.165) is 5.56 Å². The summed E-state index contributed by atoms with van der Waals surface area (Å²) in [6.07, 6.45) is 1.74. The summed E-state index contributed by atoms with van der Waals surface area (Å²) in [5, 5.41) is 12.6. The molecular weight excluding hydrogens is 200 g/mol. The monoisotopic (exact) mass is 214 g/mol. The zero-order valence-electron chi connectivity index (χ0n) is 8.37. The highest BCUT2D eigenvalue weighted by molar-refractivity contribution is 6.29. The van der Waals surface area contributed by atoms with Gasteiger partial charge in [-0.2, -0.15) is 0 Å². The van der Waals surface area contributed by atoms with E-state index in [1.807, 2.05) is 19.9 Å². The lowest BCUT2D eigenvalue weighted by Gasteiger charge is -2.18. The number of halogens is 1. The third kappa shape index (κ3) is 3.25. The number of rotatable bonds is 4. The zero-order chi connectivity index (χ0) is 10.6. The van der Waals surface area contributed by atoms with E-state index >= 15 is 0 Å². The highest BCUT2D eigenvalue weighted by Gasteiger charge is 2.08. The van der Waals surface area contributed by atoms with Gasteiger partial charge in [-0.15, -0.1) is 0 Å². The van der Waals surface area contributed by atoms with Crippen molar-refractivity contribution < 1.29 is 5.11 Å². The van der Waals surface area contributed by atoms with Crippen molar-refractivity contribution >= 4 is 11.6 Å². The Labute approximate surface area is 89.1 Å². The van der Waals surface area contributed by atoms with Crippen molar-refractivity contribution in [3.63, 3.8) is 0 Å². The van der Waals surface area contributed by atoms with E-state index < -0.39 is 0 Å². The van der Waals surface area contributed by atoms with Gasteiger partial charge in [0, 0.05) is 18.3 Å². The van der Waals surface area contributed by atoms with Crippen LogP contribution in [0.4, 0.5) is 0 Å². The van der Waals surface area contributed by atoms with Crippen LogP contribution in [-0.4, -0.2) is 22.7 Å². The largest absolute Gasteiger partial charge is 0.395 e. The highest BCUT2D eigenvalue weighted by Crippen LogP contribution is 2.13. The summed E-state index contributed by atoms with van der Waals surface area (Å²) in [5.41, 5.74) is 1.06. The molecule has 3 nitrogen and oxygen atoms in total. The summed E-state index contributed by atoms with van der Waals surface area (Å²) >= 11 is 5.68. The Morgan fingerprint density at radius 2 is 2.21 bits per heavy atom. The minimum atomic E-state index is 0.0840. The van der Waals surface area contributed by atoms with E-state index in [1.165, 1.54) is 0 Å². The number of aliphatic hydroxyl groups excluding tert-OH is 1. The molecule has 0 aliphatic rings. The fourth-order valence-corrected chi connectivity index (χ4v) is 1.33. The number of nitrogens with one attached hydrogen (secondary N) is 1. The van der Waals surface area contributed by atoms with Gasteiger partial charge in [-0.25, -0.2) is 4.98 Å². The second-order valence-electron chi connectivity index (χ2n) is 3.39. The molecule has 2 N–H and O–H groups in total. The lowest BCUT2D eigenvalue weighted by Crippen LogP contribution is -2.31. The van der Waals surface area contributed by atoms with Crippen LogP contribution in [0.5, 0.6) is 0 Å². The first kappa shape index (κ1) is 11.4. The van der Waals surface area contributed by atoms with Gasteiger partial charge >= 0.3 is 0 Å². The molecule has 0 aliphatic heterocycles. The Kier molecular flexibility index (Phi) is 4.32. The van der Waals surface area contributed by atoms with Crippen molar-refractivity contribution in [1.29, 1.82) is 0 Å². The van der Waals surface area contributed by atoms with E-state index in [4.69, 9.17) is 16.7 Å². The minimum absolute atomic E-state index is 0.0840. The van der Waals surface area contributed by atoms with Crippen LogP contribution in [0, 0.1) is 0 Å². The molecule has 1 aromatic heterocycles. The molecule has 0 radical (unpaired) electrons. The van der Waals surface area contributed by atoms with Gasteiger partial charge in [0.1, 0.15) is 5.15 Å². The van der Waals surface area contributed by atoms with Gasteiger partial charge in [0.15, 0.2) is 0 Å². The maximum absolute atomic E-state index is 8.88. The Balaban J connectivity index is 2.60. The van der Waals surface area contributed by atoms with Crippen LogP contribution in [0.3, 0.4) is 0 Å². The van der Waals surface area contributed by atoms with Crippen LogP contribution < -0.4 is 5.32 Å². The van der Waals surface area contributed by atoms with Crippen LogP contribution >= 0.6 is 11.6 Å². The molecule has 0 aromatic carbocycles. The Morgan fingerprint density at radius 3 is 2.71 bits per heavy atom. The summed E-state index contributed by atoms with van der Waals surface area (Å²) in [7, 11) is 0. The van der Waals surface area contributed by atoms with Gasteiger partial charge in [0.05, 0.1) is 6.61 Å². The molecule has 2 atom stereocenters. The first-order chi connectivity index (χ1) is 6.63. The highest BCUT2D eigenvalue weighted by atomic mass is 35.5. The number of nitrogens with zero attached hydrogens (tertiary/aromatic N) is 1. The van der Waals surface area contributed by atoms with Crippen LogP contribution in [0.15, 0.2) is 18.3 Å². The van der Waals surface area contributed by atoms with Crippen molar-refractivity contribution in [1.82, 2.24) is 10.3 Å². The van der Waals surface area contributed by atoms with Crippen LogP contribution in [0.2, 0.25) is 5.15 Å². The van der Waals surface area contributed by atoms with Crippen molar-refractivity contribution in [3.05, 3.63) is 29.0 Å². The molecular formula is C10H15ClN2O. The maximum atomic E-state index is 8.88. The van der Waals surface area contributed by atoms with Gasteiger partial charge in [-0.3, -0.25) is 0 Å². The molecule has 78 valence electrons. The van der Waals surface area contributed by atoms with E-state index in [9.17, 15) is 0 Å². The number of pyridine rings is 1. The molecule has 2 unspecified atom stereocenters. The molecule has 0 saturated carbocycles. The molecule has 1 heterocycles. The summed E-state index contributed by atoms with van der Waals surface area (Å²) < 4.78 is 0. The lowest BCUT2D eigenvalue weighted by atomic mass is 10.1. The van der Waals surface area contributed by atoms with E-state index in [-0.39, 0.29) is 18.7 Å². The van der Waals surface area contributed by atoms with Crippen LogP contribution in [-0.2, 0) is 0 Å². The van der Waals surface area contributed by atoms with Crippen molar-refractivity contribution in [3.8, 4) is 0 Å². The molecule has 0 bridgehead atoms. The second-order valence-corrected chi connectivity index (χ2v) is 3.77. The average molecular weight is 215 g/mol. The quantitative estimate of drug-likeness (QED) is 0.751. The Morgan fingerprint density at radius 1 is 1.50 bits per heavy atom. The summed E-state index contributed by atoms with van der Waals surface area (Å²) in [4.78, 5) is 4.00. The Hall–Kier alpha value is -0.640. The van der Waals surface area contributed by atoms with E-state index in [1.54, 1.807) is 12.3 Å². The third-order valence-corrected chi connectivity index (χ3v) is 2.28. The third-order valence-electron chi connectivity index (χ3n) is 2.06. The molecule has 0 spiro atoms. The van der Waals surface area contributed by atoms with E-state index in [0.29, 0.717) is 5.15 Å². The van der Waals surface area contributed by atoms with Gasteiger partial charge in [0.2, 0.25) is 0 Å². The topological polar surface area (TPSA) is 45.1 Å². The zero-order valence-corrected chi connectivity index (χ0v) is 9.12. The maximum Gasteiger partial charge on any atom is 0.129 e. The number of hydrogen-bond acceptors (Lipinski definition) is 3. The predicted octanol–water partition coefficient (Wildman–Crippen LogP) is 1.77. The predicted molar refractivity (Wildman–Crippen MR) is 57.3 cm³/mol. The molecule has 0 saturated heterocycles.